The van der Waals surface area contributed by atoms with E-state index < -0.39 is 0 Å². The molecule has 3 aromatic rings. The van der Waals surface area contributed by atoms with Crippen LogP contribution in [0.1, 0.15) is 5.82 Å². The second kappa shape index (κ2) is 9.24. The zero-order chi connectivity index (χ0) is 18.4. The van der Waals surface area contributed by atoms with Crippen LogP contribution in [-0.4, -0.2) is 26.8 Å². The summed E-state index contributed by atoms with van der Waals surface area (Å²) in [7, 11) is 0. The van der Waals surface area contributed by atoms with E-state index in [1.54, 1.807) is 24.3 Å². The van der Waals surface area contributed by atoms with Crippen LogP contribution in [0.15, 0.2) is 53.7 Å². The fraction of sp³-hybridized carbons (Fsp3) is 0.118. The second-order valence-electron chi connectivity index (χ2n) is 5.15. The third-order valence-electron chi connectivity index (χ3n) is 3.16. The van der Waals surface area contributed by atoms with Crippen molar-refractivity contribution in [3.63, 3.8) is 0 Å². The van der Waals surface area contributed by atoms with Crippen LogP contribution < -0.4 is 10.1 Å². The molecule has 0 saturated heterocycles. The number of rotatable bonds is 7. The average molecular weight is 501 g/mol. The maximum atomic E-state index is 12.0. The Bertz CT molecular complexity index is 871. The molecule has 0 spiro atoms. The van der Waals surface area contributed by atoms with Gasteiger partial charge in [-0.25, -0.2) is 4.98 Å². The highest BCUT2D eigenvalue weighted by Gasteiger charge is 2.09. The minimum atomic E-state index is -0.111. The Morgan fingerprint density at radius 1 is 1.19 bits per heavy atom. The van der Waals surface area contributed by atoms with Gasteiger partial charge in [0.1, 0.15) is 12.4 Å². The lowest BCUT2D eigenvalue weighted by Gasteiger charge is -2.04. The van der Waals surface area contributed by atoms with Crippen molar-refractivity contribution in [2.75, 3.05) is 11.1 Å². The number of aromatic nitrogens is 3. The molecule has 0 bridgehead atoms. The Kier molecular flexibility index (Phi) is 6.75. The summed E-state index contributed by atoms with van der Waals surface area (Å²) >= 11 is 9.30. The zero-order valence-electron chi connectivity index (χ0n) is 13.4. The van der Waals surface area contributed by atoms with Gasteiger partial charge >= 0.3 is 0 Å². The van der Waals surface area contributed by atoms with E-state index in [4.69, 9.17) is 16.3 Å². The SMILES string of the molecule is O=C(CSc1n[nH]c(COc2ccc(Cl)cc2)n1)Nc1ccc(I)cc1. The number of benzene rings is 2. The van der Waals surface area contributed by atoms with E-state index in [9.17, 15) is 4.79 Å². The van der Waals surface area contributed by atoms with Gasteiger partial charge in [0, 0.05) is 14.3 Å². The number of nitrogens with one attached hydrogen (secondary N) is 2. The lowest BCUT2D eigenvalue weighted by atomic mass is 10.3. The number of nitrogens with zero attached hydrogens (tertiary/aromatic N) is 2. The number of ether oxygens (including phenoxy) is 1. The van der Waals surface area contributed by atoms with Gasteiger partial charge in [-0.2, -0.15) is 0 Å². The number of H-pyrrole nitrogens is 1. The van der Waals surface area contributed by atoms with E-state index in [2.05, 4.69) is 43.1 Å². The van der Waals surface area contributed by atoms with E-state index in [1.165, 1.54) is 11.8 Å². The topological polar surface area (TPSA) is 79.9 Å². The van der Waals surface area contributed by atoms with Gasteiger partial charge < -0.3 is 10.1 Å². The fourth-order valence-electron chi connectivity index (χ4n) is 1.95. The Labute approximate surface area is 173 Å². The summed E-state index contributed by atoms with van der Waals surface area (Å²) in [6.45, 7) is 0.254. The largest absolute Gasteiger partial charge is 0.486 e. The predicted molar refractivity (Wildman–Crippen MR) is 111 cm³/mol. The van der Waals surface area contributed by atoms with Gasteiger partial charge in [0.05, 0.1) is 5.75 Å². The normalized spacial score (nSPS) is 10.5. The molecule has 6 nitrogen and oxygen atoms in total. The molecule has 2 N–H and O–H groups in total. The first-order valence-electron chi connectivity index (χ1n) is 7.56. The fourth-order valence-corrected chi connectivity index (χ4v) is 3.05. The van der Waals surface area contributed by atoms with Gasteiger partial charge in [0.25, 0.3) is 0 Å². The third-order valence-corrected chi connectivity index (χ3v) is 4.98. The van der Waals surface area contributed by atoms with Crippen molar-refractivity contribution in [2.24, 2.45) is 0 Å². The molecule has 0 radical (unpaired) electrons. The first kappa shape index (κ1) is 19.0. The molecule has 0 saturated carbocycles. The summed E-state index contributed by atoms with van der Waals surface area (Å²) in [5.41, 5.74) is 0.767. The number of aromatic amines is 1. The quantitative estimate of drug-likeness (QED) is 0.372. The number of amides is 1. The van der Waals surface area contributed by atoms with Crippen molar-refractivity contribution >= 4 is 57.5 Å². The molecule has 0 aliphatic rings. The van der Waals surface area contributed by atoms with Crippen molar-refractivity contribution in [3.05, 3.63) is 62.9 Å². The van der Waals surface area contributed by atoms with E-state index in [0.717, 1.165) is 9.26 Å². The summed E-state index contributed by atoms with van der Waals surface area (Å²) in [4.78, 5) is 16.3. The maximum Gasteiger partial charge on any atom is 0.234 e. The highest BCUT2D eigenvalue weighted by molar-refractivity contribution is 14.1. The first-order chi connectivity index (χ1) is 12.6. The molecule has 0 fully saturated rings. The van der Waals surface area contributed by atoms with Crippen LogP contribution in [0, 0.1) is 3.57 Å². The third kappa shape index (κ3) is 5.89. The Morgan fingerprint density at radius 3 is 2.65 bits per heavy atom. The molecule has 1 heterocycles. The molecular weight excluding hydrogens is 487 g/mol. The van der Waals surface area contributed by atoms with Gasteiger partial charge in [-0.05, 0) is 71.1 Å². The summed E-state index contributed by atoms with van der Waals surface area (Å²) in [6.07, 6.45) is 0. The van der Waals surface area contributed by atoms with Crippen LogP contribution in [0.5, 0.6) is 5.75 Å². The standard InChI is InChI=1S/C17H14ClIN4O2S/c18-11-1-7-14(8-2-11)25-9-15-21-17(23-22-15)26-10-16(24)20-13-5-3-12(19)4-6-13/h1-8H,9-10H2,(H,20,24)(H,21,22,23). The van der Waals surface area contributed by atoms with Crippen LogP contribution in [0.25, 0.3) is 0 Å². The monoisotopic (exact) mass is 500 g/mol. The van der Waals surface area contributed by atoms with Crippen LogP contribution >= 0.6 is 46.0 Å². The molecule has 3 rings (SSSR count). The molecule has 26 heavy (non-hydrogen) atoms. The van der Waals surface area contributed by atoms with Crippen LogP contribution in [0.3, 0.4) is 0 Å². The van der Waals surface area contributed by atoms with Crippen molar-refractivity contribution in [1.82, 2.24) is 15.2 Å². The number of carbonyl (C=O) groups excluding carboxylic acids is 1. The number of anilines is 1. The summed E-state index contributed by atoms with van der Waals surface area (Å²) in [5.74, 6) is 1.39. The van der Waals surface area contributed by atoms with Gasteiger partial charge in [0.2, 0.25) is 11.1 Å². The molecule has 2 aromatic carbocycles. The Morgan fingerprint density at radius 2 is 1.92 bits per heavy atom. The van der Waals surface area contributed by atoms with Crippen molar-refractivity contribution in [1.29, 1.82) is 0 Å². The molecule has 1 aromatic heterocycles. The number of carbonyl (C=O) groups is 1. The minimum absolute atomic E-state index is 0.111. The second-order valence-corrected chi connectivity index (χ2v) is 7.78. The molecule has 0 aliphatic heterocycles. The van der Waals surface area contributed by atoms with Gasteiger partial charge in [-0.15, -0.1) is 5.10 Å². The summed E-state index contributed by atoms with van der Waals surface area (Å²) in [5, 5.41) is 10.9. The van der Waals surface area contributed by atoms with Crippen LogP contribution in [-0.2, 0) is 11.4 Å². The number of halogens is 2. The first-order valence-corrected chi connectivity index (χ1v) is 10.0. The van der Waals surface area contributed by atoms with Crippen molar-refractivity contribution in [2.45, 2.75) is 11.8 Å². The van der Waals surface area contributed by atoms with Gasteiger partial charge in [-0.3, -0.25) is 9.89 Å². The van der Waals surface area contributed by atoms with E-state index in [-0.39, 0.29) is 18.3 Å². The van der Waals surface area contributed by atoms with E-state index >= 15 is 0 Å². The minimum Gasteiger partial charge on any atom is -0.486 e. The van der Waals surface area contributed by atoms with Crippen LogP contribution in [0.2, 0.25) is 5.02 Å². The van der Waals surface area contributed by atoms with Crippen LogP contribution in [0.4, 0.5) is 5.69 Å². The average Bonchev–Trinajstić information content (AvgIpc) is 3.09. The van der Waals surface area contributed by atoms with E-state index in [1.807, 2.05) is 24.3 Å². The number of hydrogen-bond acceptors (Lipinski definition) is 5. The molecule has 0 atom stereocenters. The van der Waals surface area contributed by atoms with E-state index in [0.29, 0.717) is 21.8 Å². The molecule has 0 unspecified atom stereocenters. The molecule has 134 valence electrons. The lowest BCUT2D eigenvalue weighted by molar-refractivity contribution is -0.113. The van der Waals surface area contributed by atoms with Crippen molar-refractivity contribution in [3.8, 4) is 5.75 Å². The van der Waals surface area contributed by atoms with Crippen molar-refractivity contribution < 1.29 is 9.53 Å². The predicted octanol–water partition coefficient (Wildman–Crippen LogP) is 4.37. The molecule has 9 heteroatoms. The molecular formula is C17H14ClIN4O2S. The Balaban J connectivity index is 1.45. The highest BCUT2D eigenvalue weighted by Crippen LogP contribution is 2.18. The molecule has 1 amide bonds. The molecule has 0 aliphatic carbocycles. The zero-order valence-corrected chi connectivity index (χ0v) is 17.1. The number of hydrogen-bond donors (Lipinski definition) is 2. The highest BCUT2D eigenvalue weighted by atomic mass is 127. The number of thioether (sulfide) groups is 1. The lowest BCUT2D eigenvalue weighted by Crippen LogP contribution is -2.14. The van der Waals surface area contributed by atoms with Gasteiger partial charge in [-0.1, -0.05) is 23.4 Å². The smallest absolute Gasteiger partial charge is 0.234 e. The summed E-state index contributed by atoms with van der Waals surface area (Å²) < 4.78 is 6.71. The maximum absolute atomic E-state index is 12.0. The van der Waals surface area contributed by atoms with Gasteiger partial charge in [0.15, 0.2) is 5.82 Å². The summed E-state index contributed by atoms with van der Waals surface area (Å²) in [6, 6.07) is 14.7. The Hall–Kier alpha value is -1.78.